The van der Waals surface area contributed by atoms with Gasteiger partial charge in [0.2, 0.25) is 5.91 Å². The molecule has 0 saturated carbocycles. The first-order valence-corrected chi connectivity index (χ1v) is 4.47. The van der Waals surface area contributed by atoms with Gasteiger partial charge in [-0.1, -0.05) is 12.1 Å². The van der Waals surface area contributed by atoms with E-state index in [1.165, 1.54) is 0 Å². The molecule has 1 aromatic carbocycles. The minimum atomic E-state index is -0.371. The number of carbonyl (C=O) groups is 1. The molecular weight excluding hydrogens is 180 g/mol. The van der Waals surface area contributed by atoms with Crippen LogP contribution >= 0.6 is 0 Å². The summed E-state index contributed by atoms with van der Waals surface area (Å²) in [5, 5.41) is 11.6. The number of benzene rings is 1. The number of anilines is 1. The van der Waals surface area contributed by atoms with Crippen LogP contribution in [0.1, 0.15) is 5.56 Å². The van der Waals surface area contributed by atoms with Crippen molar-refractivity contribution in [3.8, 4) is 0 Å². The highest BCUT2D eigenvalue weighted by Crippen LogP contribution is 2.30. The van der Waals surface area contributed by atoms with Crippen molar-refractivity contribution < 1.29 is 9.90 Å². The lowest BCUT2D eigenvalue weighted by Gasteiger charge is -2.23. The van der Waals surface area contributed by atoms with E-state index in [1.54, 1.807) is 12.1 Å². The number of aliphatic hydroxyl groups is 1. The topological polar surface area (TPSA) is 73.1 Å². The van der Waals surface area contributed by atoms with Crippen molar-refractivity contribution >= 4 is 17.3 Å². The van der Waals surface area contributed by atoms with Crippen LogP contribution in [0.15, 0.2) is 18.2 Å². The molecule has 0 aromatic heterocycles. The Morgan fingerprint density at radius 3 is 3.07 bits per heavy atom. The summed E-state index contributed by atoms with van der Waals surface area (Å²) in [6, 6.07) is 5.29. The monoisotopic (exact) mass is 191 g/mol. The molecule has 1 unspecified atom stereocenters. The Morgan fingerprint density at radius 2 is 2.36 bits per heavy atom. The lowest BCUT2D eigenvalue weighted by Crippen LogP contribution is -2.32. The van der Waals surface area contributed by atoms with Gasteiger partial charge in [-0.2, -0.15) is 0 Å². The van der Waals surface area contributed by atoms with Gasteiger partial charge in [-0.25, -0.2) is 0 Å². The van der Waals surface area contributed by atoms with E-state index in [9.17, 15) is 4.79 Å². The third kappa shape index (κ3) is 1.33. The number of para-hydroxylation sites is 1. The molecule has 0 bridgehead atoms. The molecule has 1 amide bonds. The molecule has 1 heterocycles. The predicted octanol–water partition coefficient (Wildman–Crippen LogP) is 0.704. The fourth-order valence-electron chi connectivity index (χ4n) is 1.65. The minimum Gasteiger partial charge on any atom is -0.396 e. The summed E-state index contributed by atoms with van der Waals surface area (Å²) in [5.74, 6) is -0.566. The second-order valence-corrected chi connectivity index (χ2v) is 3.41. The van der Waals surface area contributed by atoms with Gasteiger partial charge in [0.1, 0.15) is 0 Å². The number of aliphatic hydroxyl groups excluding tert-OH is 1. The van der Waals surface area contributed by atoms with Gasteiger partial charge in [0.15, 0.2) is 0 Å². The second-order valence-electron chi connectivity index (χ2n) is 3.41. The molecule has 0 fully saturated rings. The molecule has 14 heavy (non-hydrogen) atoms. The van der Waals surface area contributed by atoms with Gasteiger partial charge in [0, 0.05) is 0 Å². The molecule has 0 saturated heterocycles. The Balaban J connectivity index is 2.40. The highest BCUT2D eigenvalue weighted by Gasteiger charge is 2.26. The average Bonchev–Trinajstić information content (AvgIpc) is 2.19. The molecular formula is C10H11N2O2. The number of hydrogen-bond acceptors (Lipinski definition) is 2. The maximum Gasteiger partial charge on any atom is 0.230 e. The van der Waals surface area contributed by atoms with Gasteiger partial charge in [-0.3, -0.25) is 10.5 Å². The predicted molar refractivity (Wildman–Crippen MR) is 52.1 cm³/mol. The molecule has 73 valence electrons. The Kier molecular flexibility index (Phi) is 2.13. The van der Waals surface area contributed by atoms with Crippen LogP contribution in [0.2, 0.25) is 0 Å². The van der Waals surface area contributed by atoms with Crippen molar-refractivity contribution in [2.75, 3.05) is 11.9 Å². The first-order chi connectivity index (χ1) is 6.72. The normalized spacial score (nSPS) is 20.1. The molecule has 4 nitrogen and oxygen atoms in total. The highest BCUT2D eigenvalue weighted by molar-refractivity contribution is 5.98. The van der Waals surface area contributed by atoms with Gasteiger partial charge in [0.05, 0.1) is 23.9 Å². The van der Waals surface area contributed by atoms with E-state index in [0.717, 1.165) is 5.56 Å². The molecule has 1 atom stereocenters. The van der Waals surface area contributed by atoms with E-state index in [-0.39, 0.29) is 18.4 Å². The van der Waals surface area contributed by atoms with Gasteiger partial charge in [0.25, 0.3) is 0 Å². The first-order valence-electron chi connectivity index (χ1n) is 4.47. The fraction of sp³-hybridized carbons (Fsp3) is 0.300. The van der Waals surface area contributed by atoms with Crippen molar-refractivity contribution in [3.63, 3.8) is 0 Å². The van der Waals surface area contributed by atoms with Crippen molar-refractivity contribution in [2.45, 2.75) is 6.42 Å². The number of fused-ring (bicyclic) bond motifs is 1. The van der Waals surface area contributed by atoms with E-state index < -0.39 is 0 Å². The molecule has 1 aromatic rings. The van der Waals surface area contributed by atoms with Crippen LogP contribution in [0, 0.1) is 5.92 Å². The molecule has 1 aliphatic heterocycles. The van der Waals surface area contributed by atoms with Crippen LogP contribution in [-0.2, 0) is 11.2 Å². The number of carbonyl (C=O) groups excluding carboxylic acids is 1. The number of amides is 1. The average molecular weight is 191 g/mol. The third-order valence-electron chi connectivity index (χ3n) is 2.46. The van der Waals surface area contributed by atoms with Crippen LogP contribution in [0.5, 0.6) is 0 Å². The summed E-state index contributed by atoms with van der Waals surface area (Å²) in [4.78, 5) is 11.4. The van der Waals surface area contributed by atoms with E-state index in [0.29, 0.717) is 17.8 Å². The van der Waals surface area contributed by atoms with E-state index in [2.05, 4.69) is 5.32 Å². The largest absolute Gasteiger partial charge is 0.396 e. The van der Waals surface area contributed by atoms with Crippen molar-refractivity contribution in [2.24, 2.45) is 5.92 Å². The molecule has 1 radical (unpaired) electrons. The number of hydrogen-bond donors (Lipinski definition) is 2. The molecule has 2 rings (SSSR count). The maximum atomic E-state index is 11.4. The van der Waals surface area contributed by atoms with E-state index in [4.69, 9.17) is 10.8 Å². The Morgan fingerprint density at radius 1 is 1.57 bits per heavy atom. The summed E-state index contributed by atoms with van der Waals surface area (Å²) in [6.45, 7) is -0.145. The standard InChI is InChI=1S/C10H11N2O2/c11-8-3-1-2-6-4-7(5-13)10(14)12-9(6)8/h1-3,7,11,13H,4-5H2,(H,12,14). The zero-order chi connectivity index (χ0) is 10.1. The van der Waals surface area contributed by atoms with E-state index >= 15 is 0 Å². The van der Waals surface area contributed by atoms with Gasteiger partial charge < -0.3 is 10.4 Å². The molecule has 1 aliphatic rings. The van der Waals surface area contributed by atoms with Crippen LogP contribution in [0.3, 0.4) is 0 Å². The van der Waals surface area contributed by atoms with Crippen LogP contribution in [0.25, 0.3) is 0 Å². The minimum absolute atomic E-state index is 0.145. The summed E-state index contributed by atoms with van der Waals surface area (Å²) in [6.07, 6.45) is 0.518. The molecule has 3 N–H and O–H groups in total. The van der Waals surface area contributed by atoms with E-state index in [1.807, 2.05) is 6.07 Å². The Bertz CT molecular complexity index is 376. The van der Waals surface area contributed by atoms with Gasteiger partial charge in [-0.05, 0) is 18.1 Å². The zero-order valence-corrected chi connectivity index (χ0v) is 7.58. The number of rotatable bonds is 1. The lowest BCUT2D eigenvalue weighted by molar-refractivity contribution is -0.121. The molecule has 0 spiro atoms. The van der Waals surface area contributed by atoms with Crippen molar-refractivity contribution in [1.29, 1.82) is 0 Å². The lowest BCUT2D eigenvalue weighted by atomic mass is 9.93. The summed E-state index contributed by atoms with van der Waals surface area (Å²) >= 11 is 0. The highest BCUT2D eigenvalue weighted by atomic mass is 16.3. The molecule has 0 aliphatic carbocycles. The van der Waals surface area contributed by atoms with Crippen molar-refractivity contribution in [1.82, 2.24) is 5.73 Å². The summed E-state index contributed by atoms with van der Waals surface area (Å²) in [7, 11) is 0. The van der Waals surface area contributed by atoms with Gasteiger partial charge >= 0.3 is 0 Å². The number of nitrogens with one attached hydrogen (secondary N) is 2. The zero-order valence-electron chi connectivity index (χ0n) is 7.58. The maximum absolute atomic E-state index is 11.4. The van der Waals surface area contributed by atoms with Gasteiger partial charge in [-0.15, -0.1) is 0 Å². The van der Waals surface area contributed by atoms with Crippen LogP contribution in [0.4, 0.5) is 11.4 Å². The van der Waals surface area contributed by atoms with Crippen LogP contribution in [-0.4, -0.2) is 17.6 Å². The third-order valence-corrected chi connectivity index (χ3v) is 2.46. The van der Waals surface area contributed by atoms with Crippen LogP contribution < -0.4 is 11.1 Å². The summed E-state index contributed by atoms with van der Waals surface area (Å²) < 4.78 is 0. The Hall–Kier alpha value is -1.55. The first kappa shape index (κ1) is 9.02. The summed E-state index contributed by atoms with van der Waals surface area (Å²) in [5.41, 5.74) is 9.42. The molecule has 4 heteroatoms. The fourth-order valence-corrected chi connectivity index (χ4v) is 1.65. The smallest absolute Gasteiger partial charge is 0.230 e. The second kappa shape index (κ2) is 3.31. The van der Waals surface area contributed by atoms with Crippen molar-refractivity contribution in [3.05, 3.63) is 23.8 Å². The Labute approximate surface area is 81.7 Å². The SMILES string of the molecule is [NH]c1cccc2c1NC(=O)C(CO)C2. The quantitative estimate of drug-likeness (QED) is 0.685.